The normalized spacial score (nSPS) is 15.5. The third kappa shape index (κ3) is 4.92. The van der Waals surface area contributed by atoms with Crippen LogP contribution in [-0.2, 0) is 16.0 Å². The van der Waals surface area contributed by atoms with Crippen molar-refractivity contribution in [2.75, 3.05) is 26.2 Å². The molecule has 2 aromatic rings. The van der Waals surface area contributed by atoms with E-state index in [-0.39, 0.29) is 36.5 Å². The lowest BCUT2D eigenvalue weighted by molar-refractivity contribution is -0.139. The number of hydrogen-bond acceptors (Lipinski definition) is 3. The second-order valence-corrected chi connectivity index (χ2v) is 6.75. The molecular formula is C21H24FN3O2. The minimum Gasteiger partial charge on any atom is -0.339 e. The number of halogens is 1. The van der Waals surface area contributed by atoms with E-state index in [4.69, 9.17) is 5.73 Å². The molecule has 142 valence electrons. The summed E-state index contributed by atoms with van der Waals surface area (Å²) < 4.78 is 13.7. The predicted octanol–water partition coefficient (Wildman–Crippen LogP) is 2.13. The van der Waals surface area contributed by atoms with Crippen molar-refractivity contribution in [3.8, 4) is 0 Å². The SMILES string of the molecule is NC(CC(=O)N1CCN(C(=O)Cc2ccccc2F)CC1)c1ccccc1. The van der Waals surface area contributed by atoms with Crippen molar-refractivity contribution in [1.82, 2.24) is 9.80 Å². The molecule has 1 heterocycles. The monoisotopic (exact) mass is 369 g/mol. The highest BCUT2D eigenvalue weighted by molar-refractivity contribution is 5.80. The highest BCUT2D eigenvalue weighted by Crippen LogP contribution is 2.16. The Kier molecular flexibility index (Phi) is 6.19. The van der Waals surface area contributed by atoms with E-state index in [0.29, 0.717) is 31.7 Å². The van der Waals surface area contributed by atoms with E-state index in [1.54, 1.807) is 28.0 Å². The summed E-state index contributed by atoms with van der Waals surface area (Å²) in [6.07, 6.45) is 0.284. The molecule has 0 bridgehead atoms. The van der Waals surface area contributed by atoms with E-state index in [9.17, 15) is 14.0 Å². The first-order chi connectivity index (χ1) is 13.0. The number of carbonyl (C=O) groups excluding carboxylic acids is 2. The van der Waals surface area contributed by atoms with Crippen LogP contribution < -0.4 is 5.73 Å². The summed E-state index contributed by atoms with van der Waals surface area (Å²) in [7, 11) is 0. The van der Waals surface area contributed by atoms with Gasteiger partial charge in [-0.3, -0.25) is 9.59 Å². The van der Waals surface area contributed by atoms with Crippen molar-refractivity contribution >= 4 is 11.8 Å². The van der Waals surface area contributed by atoms with Gasteiger partial charge in [-0.2, -0.15) is 0 Å². The van der Waals surface area contributed by atoms with E-state index < -0.39 is 0 Å². The van der Waals surface area contributed by atoms with Crippen LogP contribution in [0.1, 0.15) is 23.6 Å². The van der Waals surface area contributed by atoms with Crippen LogP contribution in [0, 0.1) is 5.82 Å². The lowest BCUT2D eigenvalue weighted by Crippen LogP contribution is -2.51. The van der Waals surface area contributed by atoms with Gasteiger partial charge in [0, 0.05) is 38.6 Å². The van der Waals surface area contributed by atoms with Crippen LogP contribution in [-0.4, -0.2) is 47.8 Å². The molecule has 6 heteroatoms. The Hall–Kier alpha value is -2.73. The summed E-state index contributed by atoms with van der Waals surface area (Å²) >= 11 is 0. The third-order valence-corrected chi connectivity index (χ3v) is 4.91. The maximum Gasteiger partial charge on any atom is 0.227 e. The number of hydrogen-bond donors (Lipinski definition) is 1. The predicted molar refractivity (Wildman–Crippen MR) is 101 cm³/mol. The van der Waals surface area contributed by atoms with E-state index in [1.807, 2.05) is 30.3 Å². The fraction of sp³-hybridized carbons (Fsp3) is 0.333. The molecule has 1 aliphatic heterocycles. The van der Waals surface area contributed by atoms with E-state index >= 15 is 0 Å². The van der Waals surface area contributed by atoms with E-state index in [1.165, 1.54) is 6.07 Å². The quantitative estimate of drug-likeness (QED) is 0.878. The molecule has 2 N–H and O–H groups in total. The molecule has 3 rings (SSSR count). The van der Waals surface area contributed by atoms with Crippen LogP contribution in [0.25, 0.3) is 0 Å². The zero-order valence-corrected chi connectivity index (χ0v) is 15.2. The number of amides is 2. The number of rotatable bonds is 5. The van der Waals surface area contributed by atoms with Gasteiger partial charge in [0.1, 0.15) is 5.82 Å². The van der Waals surface area contributed by atoms with E-state index in [0.717, 1.165) is 5.56 Å². The Bertz CT molecular complexity index is 789. The van der Waals surface area contributed by atoms with Crippen LogP contribution in [0.2, 0.25) is 0 Å². The van der Waals surface area contributed by atoms with Crippen LogP contribution in [0.3, 0.4) is 0 Å². The first-order valence-corrected chi connectivity index (χ1v) is 9.14. The third-order valence-electron chi connectivity index (χ3n) is 4.91. The van der Waals surface area contributed by atoms with Gasteiger partial charge < -0.3 is 15.5 Å². The van der Waals surface area contributed by atoms with Gasteiger partial charge in [-0.1, -0.05) is 48.5 Å². The standard InChI is InChI=1S/C21H24FN3O2/c22-18-9-5-4-8-17(18)14-20(26)24-10-12-25(13-11-24)21(27)15-19(23)16-6-2-1-3-7-16/h1-9,19H,10-15,23H2. The Labute approximate surface area is 158 Å². The summed E-state index contributed by atoms with van der Waals surface area (Å²) in [4.78, 5) is 28.3. The molecule has 1 fully saturated rings. The highest BCUT2D eigenvalue weighted by Gasteiger charge is 2.25. The average Bonchev–Trinajstić information content (AvgIpc) is 2.70. The molecule has 0 saturated carbocycles. The zero-order chi connectivity index (χ0) is 19.2. The molecule has 0 spiro atoms. The second kappa shape index (κ2) is 8.77. The van der Waals surface area contributed by atoms with Crippen molar-refractivity contribution < 1.29 is 14.0 Å². The lowest BCUT2D eigenvalue weighted by Gasteiger charge is -2.35. The Balaban J connectivity index is 1.49. The Morgan fingerprint density at radius 2 is 1.44 bits per heavy atom. The summed E-state index contributed by atoms with van der Waals surface area (Å²) in [5.74, 6) is -0.490. The topological polar surface area (TPSA) is 66.6 Å². The minimum atomic E-state index is -0.366. The van der Waals surface area contributed by atoms with Gasteiger partial charge >= 0.3 is 0 Å². The number of nitrogens with two attached hydrogens (primary N) is 1. The second-order valence-electron chi connectivity index (χ2n) is 6.75. The van der Waals surface area contributed by atoms with Crippen molar-refractivity contribution in [2.45, 2.75) is 18.9 Å². The number of benzene rings is 2. The molecule has 2 aromatic carbocycles. The van der Waals surface area contributed by atoms with E-state index in [2.05, 4.69) is 0 Å². The van der Waals surface area contributed by atoms with Crippen molar-refractivity contribution in [1.29, 1.82) is 0 Å². The molecule has 1 aliphatic rings. The van der Waals surface area contributed by atoms with Crippen LogP contribution in [0.4, 0.5) is 4.39 Å². The van der Waals surface area contributed by atoms with Crippen LogP contribution in [0.5, 0.6) is 0 Å². The summed E-state index contributed by atoms with van der Waals surface area (Å²) in [6.45, 7) is 1.87. The zero-order valence-electron chi connectivity index (χ0n) is 15.2. The van der Waals surface area contributed by atoms with Gasteiger partial charge in [-0.25, -0.2) is 4.39 Å². The molecule has 2 amide bonds. The number of piperazine rings is 1. The molecule has 1 unspecified atom stereocenters. The van der Waals surface area contributed by atoms with Crippen LogP contribution >= 0.6 is 0 Å². The summed E-state index contributed by atoms with van der Waals surface area (Å²) in [6, 6.07) is 15.5. The molecule has 1 saturated heterocycles. The molecular weight excluding hydrogens is 345 g/mol. The minimum absolute atomic E-state index is 0.00689. The highest BCUT2D eigenvalue weighted by atomic mass is 19.1. The Morgan fingerprint density at radius 3 is 2.07 bits per heavy atom. The molecule has 0 radical (unpaired) electrons. The maximum atomic E-state index is 13.7. The largest absolute Gasteiger partial charge is 0.339 e. The molecule has 27 heavy (non-hydrogen) atoms. The fourth-order valence-electron chi connectivity index (χ4n) is 3.26. The molecule has 0 aliphatic carbocycles. The van der Waals surface area contributed by atoms with Crippen LogP contribution in [0.15, 0.2) is 54.6 Å². The smallest absolute Gasteiger partial charge is 0.227 e. The molecule has 1 atom stereocenters. The maximum absolute atomic E-state index is 13.7. The fourth-order valence-corrected chi connectivity index (χ4v) is 3.26. The first-order valence-electron chi connectivity index (χ1n) is 9.14. The summed E-state index contributed by atoms with van der Waals surface area (Å²) in [5.41, 5.74) is 7.46. The van der Waals surface area contributed by atoms with Crippen molar-refractivity contribution in [2.24, 2.45) is 5.73 Å². The van der Waals surface area contributed by atoms with Gasteiger partial charge in [0.25, 0.3) is 0 Å². The van der Waals surface area contributed by atoms with Gasteiger partial charge in [0.15, 0.2) is 0 Å². The van der Waals surface area contributed by atoms with Gasteiger partial charge in [0.2, 0.25) is 11.8 Å². The molecule has 5 nitrogen and oxygen atoms in total. The first kappa shape index (κ1) is 19.0. The van der Waals surface area contributed by atoms with Crippen molar-refractivity contribution in [3.05, 3.63) is 71.5 Å². The van der Waals surface area contributed by atoms with Gasteiger partial charge in [-0.15, -0.1) is 0 Å². The molecule has 0 aromatic heterocycles. The number of carbonyl (C=O) groups is 2. The lowest BCUT2D eigenvalue weighted by atomic mass is 10.0. The van der Waals surface area contributed by atoms with Crippen molar-refractivity contribution in [3.63, 3.8) is 0 Å². The average molecular weight is 369 g/mol. The van der Waals surface area contributed by atoms with Gasteiger partial charge in [0.05, 0.1) is 6.42 Å². The number of nitrogens with zero attached hydrogens (tertiary/aromatic N) is 2. The summed E-state index contributed by atoms with van der Waals surface area (Å²) in [5, 5.41) is 0. The Morgan fingerprint density at radius 1 is 0.889 bits per heavy atom. The van der Waals surface area contributed by atoms with Gasteiger partial charge in [-0.05, 0) is 17.2 Å².